The third-order valence-electron chi connectivity index (χ3n) is 2.34. The van der Waals surface area contributed by atoms with E-state index in [1.807, 2.05) is 0 Å². The van der Waals surface area contributed by atoms with Crippen molar-refractivity contribution >= 4 is 22.7 Å². The van der Waals surface area contributed by atoms with E-state index >= 15 is 0 Å². The SMILES string of the molecule is Nc1ccc(Nc2ccc(F)cc2)c([N+](=O)[O-])c1. The Morgan fingerprint density at radius 2 is 1.83 bits per heavy atom. The monoisotopic (exact) mass is 247 g/mol. The number of nitrogens with zero attached hydrogens (tertiary/aromatic N) is 1. The maximum absolute atomic E-state index is 12.7. The number of nitro groups is 1. The lowest BCUT2D eigenvalue weighted by atomic mass is 10.2. The van der Waals surface area contributed by atoms with Gasteiger partial charge in [0, 0.05) is 17.4 Å². The van der Waals surface area contributed by atoms with Crippen molar-refractivity contribution in [2.75, 3.05) is 11.1 Å². The summed E-state index contributed by atoms with van der Waals surface area (Å²) in [5.41, 5.74) is 6.55. The first-order chi connectivity index (χ1) is 8.56. The summed E-state index contributed by atoms with van der Waals surface area (Å²) in [6.45, 7) is 0. The Hall–Kier alpha value is -2.63. The largest absolute Gasteiger partial charge is 0.399 e. The molecule has 0 atom stereocenters. The van der Waals surface area contributed by atoms with Crippen molar-refractivity contribution in [2.45, 2.75) is 0 Å². The molecule has 5 nitrogen and oxygen atoms in total. The van der Waals surface area contributed by atoms with Crippen LogP contribution in [0.2, 0.25) is 0 Å². The van der Waals surface area contributed by atoms with Gasteiger partial charge >= 0.3 is 0 Å². The van der Waals surface area contributed by atoms with Gasteiger partial charge in [0.15, 0.2) is 0 Å². The molecule has 0 aromatic heterocycles. The molecular weight excluding hydrogens is 237 g/mol. The molecule has 18 heavy (non-hydrogen) atoms. The standard InChI is InChI=1S/C12H10FN3O2/c13-8-1-4-10(5-2-8)15-11-6-3-9(14)7-12(11)16(17)18/h1-7,15H,14H2. The molecule has 92 valence electrons. The molecular formula is C12H10FN3O2. The van der Waals surface area contributed by atoms with Gasteiger partial charge in [-0.2, -0.15) is 0 Å². The summed E-state index contributed by atoms with van der Waals surface area (Å²) < 4.78 is 12.7. The van der Waals surface area contributed by atoms with Crippen LogP contribution in [0.5, 0.6) is 0 Å². The van der Waals surface area contributed by atoms with Crippen LogP contribution in [0.15, 0.2) is 42.5 Å². The second-order valence-corrected chi connectivity index (χ2v) is 3.67. The number of nitrogens with one attached hydrogen (secondary N) is 1. The van der Waals surface area contributed by atoms with E-state index in [0.717, 1.165) is 0 Å². The van der Waals surface area contributed by atoms with E-state index in [9.17, 15) is 14.5 Å². The van der Waals surface area contributed by atoms with E-state index in [1.54, 1.807) is 6.07 Å². The summed E-state index contributed by atoms with van der Waals surface area (Å²) in [6.07, 6.45) is 0. The van der Waals surface area contributed by atoms with Gasteiger partial charge in [0.05, 0.1) is 4.92 Å². The summed E-state index contributed by atoms with van der Waals surface area (Å²) in [4.78, 5) is 10.3. The summed E-state index contributed by atoms with van der Waals surface area (Å²) in [7, 11) is 0. The van der Waals surface area contributed by atoms with Crippen molar-refractivity contribution in [2.24, 2.45) is 0 Å². The molecule has 0 saturated carbocycles. The van der Waals surface area contributed by atoms with Crippen molar-refractivity contribution in [3.63, 3.8) is 0 Å². The molecule has 0 heterocycles. The molecule has 0 radical (unpaired) electrons. The van der Waals surface area contributed by atoms with Gasteiger partial charge < -0.3 is 11.1 Å². The molecule has 0 saturated heterocycles. The lowest BCUT2D eigenvalue weighted by Crippen LogP contribution is -1.98. The van der Waals surface area contributed by atoms with Crippen LogP contribution in [0.25, 0.3) is 0 Å². The Kier molecular flexibility index (Phi) is 3.09. The van der Waals surface area contributed by atoms with Gasteiger partial charge in [0.2, 0.25) is 0 Å². The summed E-state index contributed by atoms with van der Waals surface area (Å²) in [5.74, 6) is -0.368. The molecule has 0 aliphatic carbocycles. The van der Waals surface area contributed by atoms with Crippen LogP contribution in [-0.2, 0) is 0 Å². The highest BCUT2D eigenvalue weighted by Crippen LogP contribution is 2.29. The van der Waals surface area contributed by atoms with E-state index in [2.05, 4.69) is 5.32 Å². The molecule has 0 bridgehead atoms. The molecule has 2 aromatic carbocycles. The van der Waals surface area contributed by atoms with Gasteiger partial charge in [-0.05, 0) is 36.4 Å². The van der Waals surface area contributed by atoms with Crippen molar-refractivity contribution in [1.29, 1.82) is 0 Å². The number of benzene rings is 2. The zero-order valence-electron chi connectivity index (χ0n) is 9.26. The first-order valence-electron chi connectivity index (χ1n) is 5.13. The van der Waals surface area contributed by atoms with Crippen LogP contribution in [0.4, 0.5) is 27.1 Å². The molecule has 0 aliphatic rings. The zero-order valence-corrected chi connectivity index (χ0v) is 9.26. The number of halogens is 1. The second-order valence-electron chi connectivity index (χ2n) is 3.67. The van der Waals surface area contributed by atoms with Gasteiger partial charge in [-0.1, -0.05) is 0 Å². The highest BCUT2D eigenvalue weighted by molar-refractivity contribution is 5.72. The van der Waals surface area contributed by atoms with Crippen LogP contribution in [0.3, 0.4) is 0 Å². The molecule has 0 aliphatic heterocycles. The first-order valence-corrected chi connectivity index (χ1v) is 5.13. The van der Waals surface area contributed by atoms with E-state index in [4.69, 9.17) is 5.73 Å². The average Bonchev–Trinajstić information content (AvgIpc) is 2.34. The van der Waals surface area contributed by atoms with Crippen LogP contribution >= 0.6 is 0 Å². The smallest absolute Gasteiger partial charge is 0.294 e. The highest BCUT2D eigenvalue weighted by atomic mass is 19.1. The average molecular weight is 247 g/mol. The molecule has 3 N–H and O–H groups in total. The predicted octanol–water partition coefficient (Wildman–Crippen LogP) is 3.06. The third-order valence-corrected chi connectivity index (χ3v) is 2.34. The minimum Gasteiger partial charge on any atom is -0.399 e. The first kappa shape index (κ1) is 11.8. The van der Waals surface area contributed by atoms with Gasteiger partial charge in [-0.25, -0.2) is 4.39 Å². The van der Waals surface area contributed by atoms with Crippen molar-refractivity contribution in [1.82, 2.24) is 0 Å². The fourth-order valence-electron chi connectivity index (χ4n) is 1.49. The lowest BCUT2D eigenvalue weighted by molar-refractivity contribution is -0.383. The third kappa shape index (κ3) is 2.54. The van der Waals surface area contributed by atoms with Gasteiger partial charge in [0.25, 0.3) is 5.69 Å². The minimum absolute atomic E-state index is 0.126. The Morgan fingerprint density at radius 3 is 2.44 bits per heavy atom. The van der Waals surface area contributed by atoms with E-state index in [-0.39, 0.29) is 11.5 Å². The quantitative estimate of drug-likeness (QED) is 0.496. The van der Waals surface area contributed by atoms with Gasteiger partial charge in [-0.15, -0.1) is 0 Å². The molecule has 0 amide bonds. The number of hydrogen-bond donors (Lipinski definition) is 2. The molecule has 2 rings (SSSR count). The van der Waals surface area contributed by atoms with Gasteiger partial charge in [-0.3, -0.25) is 10.1 Å². The number of nitrogens with two attached hydrogens (primary N) is 1. The minimum atomic E-state index is -0.526. The zero-order chi connectivity index (χ0) is 13.1. The molecule has 2 aromatic rings. The Balaban J connectivity index is 2.34. The van der Waals surface area contributed by atoms with Crippen molar-refractivity contribution in [3.8, 4) is 0 Å². The summed E-state index contributed by atoms with van der Waals surface area (Å²) >= 11 is 0. The van der Waals surface area contributed by atoms with E-state index < -0.39 is 4.92 Å². The number of nitro benzene ring substituents is 1. The molecule has 0 unspecified atom stereocenters. The normalized spacial score (nSPS) is 10.1. The van der Waals surface area contributed by atoms with E-state index in [0.29, 0.717) is 17.1 Å². The van der Waals surface area contributed by atoms with Crippen LogP contribution in [0.1, 0.15) is 0 Å². The number of anilines is 3. The maximum Gasteiger partial charge on any atom is 0.294 e. The fraction of sp³-hybridized carbons (Fsp3) is 0. The van der Waals surface area contributed by atoms with Crippen molar-refractivity contribution in [3.05, 3.63) is 58.4 Å². The predicted molar refractivity (Wildman–Crippen MR) is 67.2 cm³/mol. The number of rotatable bonds is 3. The molecule has 0 spiro atoms. The topological polar surface area (TPSA) is 81.2 Å². The highest BCUT2D eigenvalue weighted by Gasteiger charge is 2.13. The van der Waals surface area contributed by atoms with E-state index in [1.165, 1.54) is 36.4 Å². The van der Waals surface area contributed by atoms with Crippen molar-refractivity contribution < 1.29 is 9.31 Å². The molecule has 6 heteroatoms. The maximum atomic E-state index is 12.7. The lowest BCUT2D eigenvalue weighted by Gasteiger charge is -2.07. The van der Waals surface area contributed by atoms with Crippen LogP contribution in [0, 0.1) is 15.9 Å². The number of nitrogen functional groups attached to an aromatic ring is 1. The Morgan fingerprint density at radius 1 is 1.17 bits per heavy atom. The summed E-state index contributed by atoms with van der Waals surface area (Å²) in [5, 5.41) is 13.7. The molecule has 0 fully saturated rings. The Labute approximate surface area is 102 Å². The van der Waals surface area contributed by atoms with Crippen LogP contribution in [-0.4, -0.2) is 4.92 Å². The fourth-order valence-corrected chi connectivity index (χ4v) is 1.49. The Bertz CT molecular complexity index is 584. The number of hydrogen-bond acceptors (Lipinski definition) is 4. The summed E-state index contributed by atoms with van der Waals surface area (Å²) in [6, 6.07) is 9.86. The second kappa shape index (κ2) is 4.70. The van der Waals surface area contributed by atoms with Crippen LogP contribution < -0.4 is 11.1 Å². The van der Waals surface area contributed by atoms with Gasteiger partial charge in [0.1, 0.15) is 11.5 Å².